The van der Waals surface area contributed by atoms with E-state index in [9.17, 15) is 15.0 Å². The number of allylic oxidation sites excluding steroid dienone is 3. The highest BCUT2D eigenvalue weighted by molar-refractivity contribution is 5.73. The van der Waals surface area contributed by atoms with Gasteiger partial charge in [0, 0.05) is 0 Å². The molecule has 0 radical (unpaired) electrons. The average molecular weight is 474 g/mol. The molecule has 4 nitrogen and oxygen atoms in total. The molecule has 3 atom stereocenters. The van der Waals surface area contributed by atoms with Crippen LogP contribution in [0.5, 0.6) is 0 Å². The zero-order chi connectivity index (χ0) is 23.5. The van der Waals surface area contributed by atoms with Gasteiger partial charge in [0.1, 0.15) is 0 Å². The van der Waals surface area contributed by atoms with Gasteiger partial charge in [-0.05, 0) is 71.1 Å². The maximum Gasteiger partial charge on any atom is 0.315 e. The summed E-state index contributed by atoms with van der Waals surface area (Å²) in [6, 6.07) is 0. The van der Waals surface area contributed by atoms with E-state index < -0.39 is 17.6 Å². The Hall–Kier alpha value is -0.680. The molecule has 32 heavy (non-hydrogen) atoms. The first-order valence-corrected chi connectivity index (χ1v) is 12.8. The van der Waals surface area contributed by atoms with E-state index >= 15 is 0 Å². The lowest BCUT2D eigenvalue weighted by atomic mass is 9.65. The van der Waals surface area contributed by atoms with E-state index in [4.69, 9.17) is 0 Å². The predicted molar refractivity (Wildman–Crippen MR) is 131 cm³/mol. The van der Waals surface area contributed by atoms with E-state index in [-0.39, 0.29) is 24.2 Å². The number of carbonyl (C=O) groups is 1. The van der Waals surface area contributed by atoms with Crippen molar-refractivity contribution in [3.05, 3.63) is 24.8 Å². The second-order valence-electron chi connectivity index (χ2n) is 9.57. The van der Waals surface area contributed by atoms with Crippen molar-refractivity contribution >= 4 is 5.91 Å². The maximum atomic E-state index is 12.6. The number of hydrogen-bond donors (Lipinski definition) is 3. The summed E-state index contributed by atoms with van der Waals surface area (Å²) in [6.07, 6.45) is 21.3. The van der Waals surface area contributed by atoms with Gasteiger partial charge in [-0.1, -0.05) is 70.1 Å². The average Bonchev–Trinajstić information content (AvgIpc) is 2.69. The first kappa shape index (κ1) is 33.5. The SMILES string of the molecule is C=CCC(CCCCC/C=C\CCCCCCCC)C(CC(C)O)(CC(C)O)C([NH3+])=O.[Cl-]. The third-order valence-corrected chi connectivity index (χ3v) is 6.42. The van der Waals surface area contributed by atoms with Gasteiger partial charge in [-0.25, -0.2) is 4.79 Å². The molecule has 0 aromatic carbocycles. The molecule has 5 N–H and O–H groups in total. The van der Waals surface area contributed by atoms with Crippen LogP contribution in [0, 0.1) is 11.3 Å². The molecule has 0 fully saturated rings. The summed E-state index contributed by atoms with van der Waals surface area (Å²) in [6.45, 7) is 9.56. The zero-order valence-corrected chi connectivity index (χ0v) is 21.9. The molecule has 190 valence electrons. The lowest BCUT2D eigenvalue weighted by Crippen LogP contribution is -3.00. The maximum absolute atomic E-state index is 12.6. The molecule has 0 rings (SSSR count). The van der Waals surface area contributed by atoms with Crippen LogP contribution in [0.1, 0.15) is 117 Å². The summed E-state index contributed by atoms with van der Waals surface area (Å²) in [5.41, 5.74) is 2.95. The normalized spacial score (nSPS) is 16.2. The van der Waals surface area contributed by atoms with Crippen molar-refractivity contribution in [2.45, 2.75) is 129 Å². The molecular formula is C27H52ClNO3. The summed E-state index contributed by atoms with van der Waals surface area (Å²) in [5, 5.41) is 20.1. The standard InChI is InChI=1S/C27H51NO3.ClH/c1-5-7-8-9-10-11-12-13-14-15-16-17-18-20-25(19-6-2)27(26(28)31,21-23(3)29)22-24(4)30;/h6,13-14,23-25,29-30H,2,5,7-12,15-22H2,1,3-4H3,(H2,28,31);1H/b14-13-;. The highest BCUT2D eigenvalue weighted by Gasteiger charge is 2.47. The lowest BCUT2D eigenvalue weighted by Gasteiger charge is -2.38. The third-order valence-electron chi connectivity index (χ3n) is 6.42. The van der Waals surface area contributed by atoms with Gasteiger partial charge in [-0.2, -0.15) is 0 Å². The second-order valence-corrected chi connectivity index (χ2v) is 9.57. The van der Waals surface area contributed by atoms with Crippen LogP contribution in [0.2, 0.25) is 0 Å². The van der Waals surface area contributed by atoms with Crippen LogP contribution in [0.15, 0.2) is 24.8 Å². The largest absolute Gasteiger partial charge is 1.00 e. The minimum atomic E-state index is -0.784. The Balaban J connectivity index is 0. The Bertz CT molecular complexity index is 481. The molecule has 0 bridgehead atoms. The summed E-state index contributed by atoms with van der Waals surface area (Å²) in [5.74, 6) is -0.110. The van der Waals surface area contributed by atoms with Gasteiger partial charge in [-0.15, -0.1) is 6.58 Å². The smallest absolute Gasteiger partial charge is 0.315 e. The Kier molecular flexibility index (Phi) is 21.9. The molecule has 0 aromatic heterocycles. The highest BCUT2D eigenvalue weighted by Crippen LogP contribution is 2.42. The molecule has 0 aliphatic rings. The van der Waals surface area contributed by atoms with Crippen molar-refractivity contribution in [2.24, 2.45) is 11.3 Å². The lowest BCUT2D eigenvalue weighted by molar-refractivity contribution is -0.325. The van der Waals surface area contributed by atoms with Crippen LogP contribution in [-0.2, 0) is 4.79 Å². The van der Waals surface area contributed by atoms with Gasteiger partial charge >= 0.3 is 5.91 Å². The number of unbranched alkanes of at least 4 members (excludes halogenated alkanes) is 9. The summed E-state index contributed by atoms with van der Waals surface area (Å²) in [4.78, 5) is 12.6. The molecular weight excluding hydrogens is 422 g/mol. The van der Waals surface area contributed by atoms with E-state index in [1.165, 1.54) is 44.9 Å². The molecule has 0 heterocycles. The summed E-state index contributed by atoms with van der Waals surface area (Å²) >= 11 is 0. The number of amides is 1. The minimum absolute atomic E-state index is 0. The fraction of sp³-hybridized carbons (Fsp3) is 0.815. The minimum Gasteiger partial charge on any atom is -1.00 e. The number of rotatable bonds is 21. The molecule has 0 saturated carbocycles. The molecule has 0 spiro atoms. The van der Waals surface area contributed by atoms with Crippen molar-refractivity contribution < 1.29 is 33.1 Å². The zero-order valence-electron chi connectivity index (χ0n) is 21.2. The van der Waals surface area contributed by atoms with E-state index in [2.05, 4.69) is 31.4 Å². The number of aliphatic hydroxyl groups excluding tert-OH is 2. The fourth-order valence-electron chi connectivity index (χ4n) is 4.86. The van der Waals surface area contributed by atoms with Crippen molar-refractivity contribution in [3.8, 4) is 0 Å². The van der Waals surface area contributed by atoms with Gasteiger partial charge in [0.2, 0.25) is 0 Å². The van der Waals surface area contributed by atoms with Crippen LogP contribution >= 0.6 is 0 Å². The van der Waals surface area contributed by atoms with E-state index in [1.807, 2.05) is 6.08 Å². The molecule has 5 heteroatoms. The quantitative estimate of drug-likeness (QED) is 0.177. The van der Waals surface area contributed by atoms with Gasteiger partial charge in [0.05, 0.1) is 17.6 Å². The van der Waals surface area contributed by atoms with E-state index in [0.717, 1.165) is 32.1 Å². The Labute approximate surface area is 204 Å². The van der Waals surface area contributed by atoms with Crippen molar-refractivity contribution in [1.82, 2.24) is 0 Å². The van der Waals surface area contributed by atoms with Crippen molar-refractivity contribution in [2.75, 3.05) is 0 Å². The molecule has 0 aromatic rings. The number of carbonyl (C=O) groups excluding carboxylic acids is 1. The van der Waals surface area contributed by atoms with E-state index in [1.54, 1.807) is 13.8 Å². The van der Waals surface area contributed by atoms with Crippen LogP contribution in [0.4, 0.5) is 0 Å². The van der Waals surface area contributed by atoms with Crippen LogP contribution in [0.3, 0.4) is 0 Å². The first-order valence-electron chi connectivity index (χ1n) is 12.8. The van der Waals surface area contributed by atoms with Crippen LogP contribution < -0.4 is 18.1 Å². The van der Waals surface area contributed by atoms with Gasteiger partial charge in [-0.3, -0.25) is 5.73 Å². The van der Waals surface area contributed by atoms with Crippen molar-refractivity contribution in [3.63, 3.8) is 0 Å². The third kappa shape index (κ3) is 15.2. The topological polar surface area (TPSA) is 85.2 Å². The molecule has 0 aliphatic heterocycles. The number of halogens is 1. The molecule has 3 unspecified atom stereocenters. The predicted octanol–water partition coefficient (Wildman–Crippen LogP) is 2.74. The highest BCUT2D eigenvalue weighted by atomic mass is 35.5. The molecule has 0 aliphatic carbocycles. The number of aliphatic hydroxyl groups is 2. The monoisotopic (exact) mass is 473 g/mol. The first-order chi connectivity index (χ1) is 14.8. The molecule has 1 amide bonds. The van der Waals surface area contributed by atoms with Crippen molar-refractivity contribution in [1.29, 1.82) is 0 Å². The Morgan fingerprint density at radius 1 is 0.906 bits per heavy atom. The fourth-order valence-corrected chi connectivity index (χ4v) is 4.86. The Morgan fingerprint density at radius 2 is 1.38 bits per heavy atom. The second kappa shape index (κ2) is 20.9. The summed E-state index contributed by atoms with van der Waals surface area (Å²) in [7, 11) is 0. The number of hydrogen-bond acceptors (Lipinski definition) is 3. The van der Waals surface area contributed by atoms with Crippen LogP contribution in [-0.4, -0.2) is 28.3 Å². The van der Waals surface area contributed by atoms with Crippen LogP contribution in [0.25, 0.3) is 0 Å². The van der Waals surface area contributed by atoms with E-state index in [0.29, 0.717) is 19.3 Å². The van der Waals surface area contributed by atoms with Gasteiger partial charge < -0.3 is 22.6 Å². The summed E-state index contributed by atoms with van der Waals surface area (Å²) < 4.78 is 0. The van der Waals surface area contributed by atoms with Gasteiger partial charge in [0.25, 0.3) is 0 Å². The van der Waals surface area contributed by atoms with Gasteiger partial charge in [0.15, 0.2) is 0 Å². The number of quaternary nitrogens is 1. The molecule has 0 saturated heterocycles. The Morgan fingerprint density at radius 3 is 1.81 bits per heavy atom.